The number of rotatable bonds is 0. The van der Waals surface area contributed by atoms with Crippen molar-refractivity contribution in [2.24, 2.45) is 23.5 Å². The molecule has 0 spiro atoms. The summed E-state index contributed by atoms with van der Waals surface area (Å²) in [5, 5.41) is 0. The van der Waals surface area contributed by atoms with E-state index in [1.54, 1.807) is 5.57 Å². The van der Waals surface area contributed by atoms with Crippen molar-refractivity contribution in [2.45, 2.75) is 31.7 Å². The lowest BCUT2D eigenvalue weighted by Crippen LogP contribution is -2.46. The fourth-order valence-electron chi connectivity index (χ4n) is 3.38. The van der Waals surface area contributed by atoms with Crippen molar-refractivity contribution >= 4 is 0 Å². The summed E-state index contributed by atoms with van der Waals surface area (Å²) < 4.78 is 0. The molecule has 0 heterocycles. The zero-order valence-corrected chi connectivity index (χ0v) is 6.79. The minimum Gasteiger partial charge on any atom is -0.324 e. The highest BCUT2D eigenvalue weighted by atomic mass is 14.7. The fraction of sp³-hybridized carbons (Fsp3) is 0.800. The second-order valence-corrected chi connectivity index (χ2v) is 4.56. The van der Waals surface area contributed by atoms with E-state index in [1.165, 1.54) is 25.7 Å². The SMILES string of the molecule is NC1C2=CC3CC(C2)CC1C3. The number of hydrogen-bond donors (Lipinski definition) is 1. The van der Waals surface area contributed by atoms with Gasteiger partial charge in [0.25, 0.3) is 0 Å². The molecule has 4 aliphatic carbocycles. The summed E-state index contributed by atoms with van der Waals surface area (Å²) in [7, 11) is 0. The van der Waals surface area contributed by atoms with E-state index < -0.39 is 0 Å². The highest BCUT2D eigenvalue weighted by Gasteiger charge is 2.41. The first-order valence-corrected chi connectivity index (χ1v) is 4.79. The third-order valence-corrected chi connectivity index (χ3v) is 3.79. The third kappa shape index (κ3) is 0.750. The topological polar surface area (TPSA) is 26.0 Å². The molecule has 2 fully saturated rings. The van der Waals surface area contributed by atoms with Gasteiger partial charge in [-0.2, -0.15) is 0 Å². The van der Waals surface area contributed by atoms with Crippen molar-refractivity contribution in [2.75, 3.05) is 0 Å². The van der Waals surface area contributed by atoms with Gasteiger partial charge in [0.05, 0.1) is 0 Å². The Morgan fingerprint density at radius 1 is 1.27 bits per heavy atom. The van der Waals surface area contributed by atoms with E-state index in [9.17, 15) is 0 Å². The van der Waals surface area contributed by atoms with E-state index in [0.29, 0.717) is 6.04 Å². The van der Waals surface area contributed by atoms with E-state index >= 15 is 0 Å². The van der Waals surface area contributed by atoms with Crippen LogP contribution in [0.1, 0.15) is 25.7 Å². The van der Waals surface area contributed by atoms with Gasteiger partial charge >= 0.3 is 0 Å². The maximum Gasteiger partial charge on any atom is 0.0282 e. The molecule has 2 saturated carbocycles. The van der Waals surface area contributed by atoms with Crippen LogP contribution in [-0.4, -0.2) is 6.04 Å². The Labute approximate surface area is 67.7 Å². The van der Waals surface area contributed by atoms with Crippen molar-refractivity contribution in [3.05, 3.63) is 11.6 Å². The smallest absolute Gasteiger partial charge is 0.0282 e. The lowest BCUT2D eigenvalue weighted by Gasteiger charge is -2.48. The Balaban J connectivity index is 2.04. The summed E-state index contributed by atoms with van der Waals surface area (Å²) in [6, 6.07) is 0.447. The summed E-state index contributed by atoms with van der Waals surface area (Å²) in [4.78, 5) is 0. The van der Waals surface area contributed by atoms with E-state index in [0.717, 1.165) is 17.8 Å². The maximum absolute atomic E-state index is 6.10. The average Bonchev–Trinajstić information content (AvgIpc) is 1.98. The van der Waals surface area contributed by atoms with Crippen molar-refractivity contribution in [1.29, 1.82) is 0 Å². The predicted molar refractivity (Wildman–Crippen MR) is 45.0 cm³/mol. The molecule has 4 unspecified atom stereocenters. The van der Waals surface area contributed by atoms with Gasteiger partial charge in [0, 0.05) is 6.04 Å². The molecule has 0 amide bonds. The van der Waals surface area contributed by atoms with Gasteiger partial charge in [0.1, 0.15) is 0 Å². The summed E-state index contributed by atoms with van der Waals surface area (Å²) in [5.41, 5.74) is 7.69. The molecule has 4 atom stereocenters. The molecule has 0 radical (unpaired) electrons. The first-order chi connectivity index (χ1) is 5.33. The van der Waals surface area contributed by atoms with Gasteiger partial charge in [-0.05, 0) is 43.4 Å². The summed E-state index contributed by atoms with van der Waals surface area (Å²) in [5.74, 6) is 2.79. The van der Waals surface area contributed by atoms with Crippen LogP contribution in [0.4, 0.5) is 0 Å². The molecule has 60 valence electrons. The van der Waals surface area contributed by atoms with E-state index in [2.05, 4.69) is 6.08 Å². The van der Waals surface area contributed by atoms with Crippen LogP contribution in [0.2, 0.25) is 0 Å². The van der Waals surface area contributed by atoms with Crippen molar-refractivity contribution in [1.82, 2.24) is 0 Å². The number of hydrogen-bond acceptors (Lipinski definition) is 1. The fourth-order valence-corrected chi connectivity index (χ4v) is 3.38. The highest BCUT2D eigenvalue weighted by molar-refractivity contribution is 5.24. The minimum absolute atomic E-state index is 0.447. The van der Waals surface area contributed by atoms with Crippen LogP contribution in [0.3, 0.4) is 0 Å². The summed E-state index contributed by atoms with van der Waals surface area (Å²) >= 11 is 0. The highest BCUT2D eigenvalue weighted by Crippen LogP contribution is 2.49. The predicted octanol–water partition coefficient (Wildman–Crippen LogP) is 1.69. The molecule has 0 aromatic rings. The second-order valence-electron chi connectivity index (χ2n) is 4.56. The van der Waals surface area contributed by atoms with Crippen LogP contribution in [0.25, 0.3) is 0 Å². The van der Waals surface area contributed by atoms with Crippen LogP contribution >= 0.6 is 0 Å². The molecule has 0 aliphatic heterocycles. The number of allylic oxidation sites excluding steroid dienone is 1. The van der Waals surface area contributed by atoms with E-state index in [4.69, 9.17) is 5.73 Å². The quantitative estimate of drug-likeness (QED) is 0.521. The molecule has 11 heavy (non-hydrogen) atoms. The number of nitrogens with two attached hydrogens (primary N) is 1. The summed E-state index contributed by atoms with van der Waals surface area (Å²) in [6.07, 6.45) is 8.08. The molecule has 0 aromatic heterocycles. The molecule has 4 aliphatic rings. The Morgan fingerprint density at radius 3 is 2.91 bits per heavy atom. The van der Waals surface area contributed by atoms with Gasteiger partial charge < -0.3 is 5.73 Å². The van der Waals surface area contributed by atoms with Gasteiger partial charge in [0.15, 0.2) is 0 Å². The molecule has 4 rings (SSSR count). The molecule has 1 heteroatoms. The van der Waals surface area contributed by atoms with Gasteiger partial charge in [-0.25, -0.2) is 0 Å². The minimum atomic E-state index is 0.447. The Morgan fingerprint density at radius 2 is 2.18 bits per heavy atom. The Hall–Kier alpha value is -0.300. The molecule has 0 saturated heterocycles. The van der Waals surface area contributed by atoms with E-state index in [1.807, 2.05) is 0 Å². The Bertz CT molecular complexity index is 219. The van der Waals surface area contributed by atoms with Crippen LogP contribution < -0.4 is 5.73 Å². The Kier molecular flexibility index (Phi) is 1.07. The van der Waals surface area contributed by atoms with Crippen molar-refractivity contribution in [3.8, 4) is 0 Å². The molecule has 1 nitrogen and oxygen atoms in total. The van der Waals surface area contributed by atoms with Gasteiger partial charge in [-0.15, -0.1) is 0 Å². The second kappa shape index (κ2) is 1.89. The van der Waals surface area contributed by atoms with E-state index in [-0.39, 0.29) is 0 Å². The maximum atomic E-state index is 6.10. The molecule has 4 bridgehead atoms. The van der Waals surface area contributed by atoms with Gasteiger partial charge in [-0.3, -0.25) is 0 Å². The third-order valence-electron chi connectivity index (χ3n) is 3.79. The van der Waals surface area contributed by atoms with Crippen LogP contribution in [-0.2, 0) is 0 Å². The molecular formula is C10H15N. The summed E-state index contributed by atoms with van der Waals surface area (Å²) in [6.45, 7) is 0. The zero-order valence-electron chi connectivity index (χ0n) is 6.79. The lowest BCUT2D eigenvalue weighted by atomic mass is 9.59. The largest absolute Gasteiger partial charge is 0.324 e. The molecule has 2 N–H and O–H groups in total. The monoisotopic (exact) mass is 149 g/mol. The lowest BCUT2D eigenvalue weighted by molar-refractivity contribution is 0.149. The first kappa shape index (κ1) is 6.24. The first-order valence-electron chi connectivity index (χ1n) is 4.79. The van der Waals surface area contributed by atoms with Crippen LogP contribution in [0, 0.1) is 17.8 Å². The average molecular weight is 149 g/mol. The van der Waals surface area contributed by atoms with Crippen molar-refractivity contribution < 1.29 is 0 Å². The molecular weight excluding hydrogens is 134 g/mol. The van der Waals surface area contributed by atoms with Crippen LogP contribution in [0.5, 0.6) is 0 Å². The van der Waals surface area contributed by atoms with Crippen LogP contribution in [0.15, 0.2) is 11.6 Å². The molecule has 0 aromatic carbocycles. The van der Waals surface area contributed by atoms with Crippen molar-refractivity contribution in [3.63, 3.8) is 0 Å². The van der Waals surface area contributed by atoms with Gasteiger partial charge in [-0.1, -0.05) is 11.6 Å². The standard InChI is InChI=1S/C10H15N/c11-10-8-2-6-1-7(4-8)5-9(10)3-6/h2,6-7,9-10H,1,3-5,11H2. The normalized spacial score (nSPS) is 53.0. The zero-order chi connectivity index (χ0) is 7.42. The van der Waals surface area contributed by atoms with Gasteiger partial charge in [0.2, 0.25) is 0 Å².